The molecular weight excluding hydrogens is 275 g/mol. The van der Waals surface area contributed by atoms with E-state index in [-0.39, 0.29) is 17.1 Å². The Balaban J connectivity index is 2.30. The Labute approximate surface area is 121 Å². The van der Waals surface area contributed by atoms with Gasteiger partial charge in [0.05, 0.1) is 5.69 Å². The predicted octanol–water partition coefficient (Wildman–Crippen LogP) is 2.47. The molecule has 0 spiro atoms. The van der Waals surface area contributed by atoms with Crippen LogP contribution in [0, 0.1) is 5.82 Å². The maximum atomic E-state index is 13.7. The second-order valence-electron chi connectivity index (χ2n) is 4.44. The standard InChI is InChI=1S/C15H15FN2O3/c1-9(11-5-3-4-6-12(11)16)21-13-7-10(8-19)18-14(13)15(20)17-2/h3-9,18H,1-2H3,(H,17,20). The minimum atomic E-state index is -0.607. The van der Waals surface area contributed by atoms with Crippen LogP contribution in [0.2, 0.25) is 0 Å². The van der Waals surface area contributed by atoms with Crippen LogP contribution in [-0.4, -0.2) is 24.2 Å². The maximum Gasteiger partial charge on any atom is 0.271 e. The van der Waals surface area contributed by atoms with Gasteiger partial charge in [0.15, 0.2) is 12.0 Å². The number of carbonyl (C=O) groups is 2. The van der Waals surface area contributed by atoms with Crippen molar-refractivity contribution in [2.24, 2.45) is 0 Å². The summed E-state index contributed by atoms with van der Waals surface area (Å²) < 4.78 is 19.3. The van der Waals surface area contributed by atoms with Gasteiger partial charge < -0.3 is 15.0 Å². The zero-order valence-corrected chi connectivity index (χ0v) is 11.6. The number of halogens is 1. The fraction of sp³-hybridized carbons (Fsp3) is 0.200. The molecule has 0 radical (unpaired) electrons. The molecule has 0 aliphatic heterocycles. The molecule has 2 rings (SSSR count). The molecule has 1 aromatic heterocycles. The van der Waals surface area contributed by atoms with Crippen LogP contribution in [0.5, 0.6) is 5.75 Å². The highest BCUT2D eigenvalue weighted by Gasteiger charge is 2.19. The van der Waals surface area contributed by atoms with Crippen LogP contribution < -0.4 is 10.1 Å². The van der Waals surface area contributed by atoms with Crippen LogP contribution in [0.1, 0.15) is 39.6 Å². The van der Waals surface area contributed by atoms with Crippen LogP contribution in [0.15, 0.2) is 30.3 Å². The lowest BCUT2D eigenvalue weighted by atomic mass is 10.1. The van der Waals surface area contributed by atoms with E-state index in [1.165, 1.54) is 19.2 Å². The number of ether oxygens (including phenoxy) is 1. The lowest BCUT2D eigenvalue weighted by molar-refractivity contribution is 0.0952. The van der Waals surface area contributed by atoms with Gasteiger partial charge in [0, 0.05) is 18.7 Å². The number of nitrogens with one attached hydrogen (secondary N) is 2. The molecule has 2 N–H and O–H groups in total. The Morgan fingerprint density at radius 1 is 1.43 bits per heavy atom. The van der Waals surface area contributed by atoms with E-state index >= 15 is 0 Å². The average Bonchev–Trinajstić information content (AvgIpc) is 2.89. The lowest BCUT2D eigenvalue weighted by Crippen LogP contribution is -2.19. The molecule has 1 unspecified atom stereocenters. The highest BCUT2D eigenvalue weighted by atomic mass is 19.1. The van der Waals surface area contributed by atoms with E-state index in [9.17, 15) is 14.0 Å². The van der Waals surface area contributed by atoms with Crippen molar-refractivity contribution in [3.05, 3.63) is 53.1 Å². The van der Waals surface area contributed by atoms with Crippen molar-refractivity contribution in [3.63, 3.8) is 0 Å². The number of hydrogen-bond donors (Lipinski definition) is 2. The van der Waals surface area contributed by atoms with E-state index in [4.69, 9.17) is 4.74 Å². The van der Waals surface area contributed by atoms with Gasteiger partial charge in [-0.05, 0) is 13.0 Å². The van der Waals surface area contributed by atoms with E-state index in [0.29, 0.717) is 11.8 Å². The van der Waals surface area contributed by atoms with Gasteiger partial charge in [-0.1, -0.05) is 18.2 Å². The number of aldehydes is 1. The Morgan fingerprint density at radius 2 is 2.14 bits per heavy atom. The summed E-state index contributed by atoms with van der Waals surface area (Å²) in [6.45, 7) is 1.67. The van der Waals surface area contributed by atoms with Gasteiger partial charge in [-0.2, -0.15) is 0 Å². The predicted molar refractivity (Wildman–Crippen MR) is 75.0 cm³/mol. The van der Waals surface area contributed by atoms with Crippen molar-refractivity contribution in [3.8, 4) is 5.75 Å². The first kappa shape index (κ1) is 14.8. The fourth-order valence-electron chi connectivity index (χ4n) is 1.96. The van der Waals surface area contributed by atoms with Gasteiger partial charge in [-0.25, -0.2) is 4.39 Å². The van der Waals surface area contributed by atoms with E-state index in [2.05, 4.69) is 10.3 Å². The summed E-state index contributed by atoms with van der Waals surface area (Å²) in [5.41, 5.74) is 0.710. The highest BCUT2D eigenvalue weighted by molar-refractivity contribution is 5.96. The molecule has 0 bridgehead atoms. The molecule has 0 aliphatic carbocycles. The topological polar surface area (TPSA) is 71.2 Å². The zero-order chi connectivity index (χ0) is 15.4. The molecule has 5 nitrogen and oxygen atoms in total. The van der Waals surface area contributed by atoms with Gasteiger partial charge in [0.2, 0.25) is 0 Å². The number of hydrogen-bond acceptors (Lipinski definition) is 3. The molecule has 0 saturated heterocycles. The van der Waals surface area contributed by atoms with Crippen molar-refractivity contribution in [2.75, 3.05) is 7.05 Å². The summed E-state index contributed by atoms with van der Waals surface area (Å²) in [4.78, 5) is 25.2. The number of H-pyrrole nitrogens is 1. The second-order valence-corrected chi connectivity index (χ2v) is 4.44. The van der Waals surface area contributed by atoms with Gasteiger partial charge >= 0.3 is 0 Å². The van der Waals surface area contributed by atoms with Crippen LogP contribution in [0.4, 0.5) is 4.39 Å². The van der Waals surface area contributed by atoms with E-state index in [1.807, 2.05) is 0 Å². The van der Waals surface area contributed by atoms with Crippen molar-refractivity contribution in [1.82, 2.24) is 10.3 Å². The molecule has 0 aliphatic rings. The quantitative estimate of drug-likeness (QED) is 0.831. The summed E-state index contributed by atoms with van der Waals surface area (Å²) >= 11 is 0. The average molecular weight is 290 g/mol. The number of rotatable bonds is 5. The maximum absolute atomic E-state index is 13.7. The van der Waals surface area contributed by atoms with E-state index in [1.54, 1.807) is 25.1 Å². The Kier molecular flexibility index (Phi) is 4.37. The first-order chi connectivity index (χ1) is 10.1. The van der Waals surface area contributed by atoms with Gasteiger partial charge in [-0.3, -0.25) is 9.59 Å². The molecule has 0 saturated carbocycles. The molecule has 1 heterocycles. The first-order valence-corrected chi connectivity index (χ1v) is 6.38. The summed E-state index contributed by atoms with van der Waals surface area (Å²) in [5, 5.41) is 2.44. The molecule has 1 atom stereocenters. The van der Waals surface area contributed by atoms with Crippen LogP contribution in [0.3, 0.4) is 0 Å². The normalized spacial score (nSPS) is 11.8. The number of amides is 1. The van der Waals surface area contributed by atoms with E-state index < -0.39 is 17.8 Å². The van der Waals surface area contributed by atoms with Crippen LogP contribution >= 0.6 is 0 Å². The molecule has 1 amide bonds. The molecule has 1 aromatic carbocycles. The number of benzene rings is 1. The molecule has 2 aromatic rings. The minimum Gasteiger partial charge on any atom is -0.483 e. The van der Waals surface area contributed by atoms with Crippen molar-refractivity contribution < 1.29 is 18.7 Å². The summed E-state index contributed by atoms with van der Waals surface area (Å²) in [6, 6.07) is 7.64. The van der Waals surface area contributed by atoms with Gasteiger partial charge in [0.1, 0.15) is 17.6 Å². The first-order valence-electron chi connectivity index (χ1n) is 6.38. The van der Waals surface area contributed by atoms with E-state index in [0.717, 1.165) is 0 Å². The summed E-state index contributed by atoms with van der Waals surface area (Å²) in [7, 11) is 1.47. The third-order valence-corrected chi connectivity index (χ3v) is 3.03. The monoisotopic (exact) mass is 290 g/mol. The summed E-state index contributed by atoms with van der Waals surface area (Å²) in [6.07, 6.45) is -0.0301. The second kappa shape index (κ2) is 6.21. The molecule has 110 valence electrons. The van der Waals surface area contributed by atoms with Gasteiger partial charge in [0.25, 0.3) is 5.91 Å². The Hall–Kier alpha value is -2.63. The van der Waals surface area contributed by atoms with Crippen LogP contribution in [-0.2, 0) is 0 Å². The number of aromatic nitrogens is 1. The molecular formula is C15H15FN2O3. The third-order valence-electron chi connectivity index (χ3n) is 3.03. The summed E-state index contributed by atoms with van der Waals surface area (Å²) in [5.74, 6) is -0.608. The molecule has 21 heavy (non-hydrogen) atoms. The van der Waals surface area contributed by atoms with Crippen molar-refractivity contribution >= 4 is 12.2 Å². The van der Waals surface area contributed by atoms with Crippen molar-refractivity contribution in [1.29, 1.82) is 0 Å². The Morgan fingerprint density at radius 3 is 2.76 bits per heavy atom. The third kappa shape index (κ3) is 3.10. The SMILES string of the molecule is CNC(=O)c1[nH]c(C=O)cc1OC(C)c1ccccc1F. The van der Waals surface area contributed by atoms with Gasteiger partial charge in [-0.15, -0.1) is 0 Å². The number of aromatic amines is 1. The highest BCUT2D eigenvalue weighted by Crippen LogP contribution is 2.27. The smallest absolute Gasteiger partial charge is 0.271 e. The minimum absolute atomic E-state index is 0.128. The van der Waals surface area contributed by atoms with Crippen molar-refractivity contribution in [2.45, 2.75) is 13.0 Å². The molecule has 6 heteroatoms. The Bertz CT molecular complexity index is 667. The largest absolute Gasteiger partial charge is 0.483 e. The fourth-order valence-corrected chi connectivity index (χ4v) is 1.96. The zero-order valence-electron chi connectivity index (χ0n) is 11.6. The lowest BCUT2D eigenvalue weighted by Gasteiger charge is -2.15. The van der Waals surface area contributed by atoms with Crippen LogP contribution in [0.25, 0.3) is 0 Å². The molecule has 0 fully saturated rings. The number of carbonyl (C=O) groups excluding carboxylic acids is 2.